The largest absolute Gasteiger partial charge is 0.394 e. The minimum Gasteiger partial charge on any atom is -0.394 e. The highest BCUT2D eigenvalue weighted by atomic mass is 16.8. The molecule has 12 N–H and O–H groups in total. The van der Waals surface area contributed by atoms with Gasteiger partial charge in [-0.3, -0.25) is 4.79 Å². The van der Waals surface area contributed by atoms with Gasteiger partial charge in [0.05, 0.1) is 38.6 Å². The first-order chi connectivity index (χ1) is 32.3. The van der Waals surface area contributed by atoms with Crippen molar-refractivity contribution < 1.29 is 89.4 Å². The maximum absolute atomic E-state index is 12.6. The van der Waals surface area contributed by atoms with Crippen LogP contribution in [-0.4, -0.2) is 193 Å². The Morgan fingerprint density at radius 1 is 0.478 bits per heavy atom. The molecule has 17 unspecified atom stereocenters. The van der Waals surface area contributed by atoms with Crippen LogP contribution in [0.4, 0.5) is 0 Å². The molecule has 17 atom stereocenters. The van der Waals surface area contributed by atoms with E-state index in [1.54, 1.807) is 0 Å². The minimum absolute atomic E-state index is 0.219. The molecule has 3 rings (SSSR count). The van der Waals surface area contributed by atoms with E-state index in [-0.39, 0.29) is 18.9 Å². The van der Waals surface area contributed by atoms with Gasteiger partial charge in [-0.2, -0.15) is 0 Å². The van der Waals surface area contributed by atoms with Gasteiger partial charge in [-0.1, -0.05) is 149 Å². The van der Waals surface area contributed by atoms with Gasteiger partial charge in [0.1, 0.15) is 73.2 Å². The van der Waals surface area contributed by atoms with Crippen molar-refractivity contribution in [2.75, 3.05) is 26.4 Å². The quantitative estimate of drug-likeness (QED) is 0.0398. The van der Waals surface area contributed by atoms with Crippen molar-refractivity contribution in [2.45, 2.75) is 272 Å². The number of nitrogens with one attached hydrogen (secondary N) is 1. The van der Waals surface area contributed by atoms with Gasteiger partial charge in [-0.25, -0.2) is 0 Å². The van der Waals surface area contributed by atoms with Gasteiger partial charge in [-0.15, -0.1) is 0 Å². The van der Waals surface area contributed by atoms with Crippen molar-refractivity contribution in [2.24, 2.45) is 0 Å². The number of hydrogen-bond acceptors (Lipinski definition) is 18. The number of hydrogen-bond donors (Lipinski definition) is 12. The lowest BCUT2D eigenvalue weighted by Gasteiger charge is -2.48. The Balaban J connectivity index is 1.39. The van der Waals surface area contributed by atoms with Crippen molar-refractivity contribution in [3.8, 4) is 0 Å². The number of carbonyl (C=O) groups is 1. The van der Waals surface area contributed by atoms with E-state index in [1.165, 1.54) is 109 Å². The molecule has 0 bridgehead atoms. The van der Waals surface area contributed by atoms with Crippen molar-refractivity contribution in [3.63, 3.8) is 0 Å². The first-order valence-corrected chi connectivity index (χ1v) is 25.8. The summed E-state index contributed by atoms with van der Waals surface area (Å²) in [5.41, 5.74) is 0. The summed E-state index contributed by atoms with van der Waals surface area (Å²) in [5.74, 6) is -0.295. The number of ether oxygens (including phenoxy) is 6. The fourth-order valence-corrected chi connectivity index (χ4v) is 9.12. The number of aliphatic hydroxyl groups is 11. The van der Waals surface area contributed by atoms with E-state index in [2.05, 4.69) is 12.2 Å². The summed E-state index contributed by atoms with van der Waals surface area (Å²) in [6, 6.07) is -0.875. The second kappa shape index (κ2) is 34.2. The molecule has 3 fully saturated rings. The first kappa shape index (κ1) is 60.1. The third-order valence-corrected chi connectivity index (χ3v) is 13.4. The molecule has 0 spiro atoms. The lowest BCUT2D eigenvalue weighted by atomic mass is 9.96. The normalized spacial score (nSPS) is 33.4. The van der Waals surface area contributed by atoms with Crippen LogP contribution in [0.15, 0.2) is 0 Å². The molecule has 1 amide bonds. The maximum Gasteiger partial charge on any atom is 0.220 e. The SMILES string of the molecule is CCCCCCCCCCCCCCCCCCCCCCCC(O)C(COC1OC(CO)C(OC2OC(CO)C(OC3OC(CO)C(O)C(O)C3O)C(O)C2O)C(O)C1O)NC(=O)CCC. The Morgan fingerprint density at radius 3 is 1.27 bits per heavy atom. The standard InChI is InChI=1S/C48H91NO18/c1-3-5-6-7-8-9-10-11-12-13-14-15-16-17-18-19-20-21-22-23-24-26-32(53)31(49-36(54)25-4-2)30-62-46-42(60)39(57)44(34(28-51)64-46)67-48-43(61)40(58)45(35(29-52)65-48)66-47-41(59)38(56)37(55)33(27-50)63-47/h31-35,37-48,50-53,55-61H,3-30H2,1-2H3,(H,49,54). The highest BCUT2D eigenvalue weighted by molar-refractivity contribution is 5.76. The molecule has 0 radical (unpaired) electrons. The van der Waals surface area contributed by atoms with Crippen LogP contribution < -0.4 is 5.32 Å². The number of aliphatic hydroxyl groups excluding tert-OH is 11. The van der Waals surface area contributed by atoms with Crippen molar-refractivity contribution in [3.05, 3.63) is 0 Å². The maximum atomic E-state index is 12.6. The summed E-state index contributed by atoms with van der Waals surface area (Å²) in [6.07, 6.45) is 1.34. The van der Waals surface area contributed by atoms with E-state index in [0.717, 1.165) is 25.7 Å². The molecule has 3 aliphatic rings. The Morgan fingerprint density at radius 2 is 0.851 bits per heavy atom. The van der Waals surface area contributed by atoms with Crippen LogP contribution in [0.2, 0.25) is 0 Å². The van der Waals surface area contributed by atoms with Crippen LogP contribution in [0.25, 0.3) is 0 Å². The van der Waals surface area contributed by atoms with Gasteiger partial charge in [0.2, 0.25) is 5.91 Å². The average molecular weight is 970 g/mol. The van der Waals surface area contributed by atoms with E-state index < -0.39 is 124 Å². The van der Waals surface area contributed by atoms with Gasteiger partial charge in [0.15, 0.2) is 18.9 Å². The van der Waals surface area contributed by atoms with E-state index >= 15 is 0 Å². The van der Waals surface area contributed by atoms with Crippen molar-refractivity contribution in [1.82, 2.24) is 5.32 Å². The molecule has 19 nitrogen and oxygen atoms in total. The fourth-order valence-electron chi connectivity index (χ4n) is 9.12. The fraction of sp³-hybridized carbons (Fsp3) is 0.979. The van der Waals surface area contributed by atoms with Gasteiger partial charge >= 0.3 is 0 Å². The predicted molar refractivity (Wildman–Crippen MR) is 245 cm³/mol. The third-order valence-electron chi connectivity index (χ3n) is 13.4. The highest BCUT2D eigenvalue weighted by Crippen LogP contribution is 2.33. The summed E-state index contributed by atoms with van der Waals surface area (Å²) < 4.78 is 33.9. The Bertz CT molecular complexity index is 1250. The molecule has 19 heteroatoms. The zero-order chi connectivity index (χ0) is 49.1. The Labute approximate surface area is 398 Å². The average Bonchev–Trinajstić information content (AvgIpc) is 3.32. The number of unbranched alkanes of at least 4 members (excludes halogenated alkanes) is 20. The van der Waals surface area contributed by atoms with Crippen LogP contribution >= 0.6 is 0 Å². The van der Waals surface area contributed by atoms with Crippen LogP contribution in [0.1, 0.15) is 168 Å². The summed E-state index contributed by atoms with van der Waals surface area (Å²) in [7, 11) is 0. The molecule has 67 heavy (non-hydrogen) atoms. The lowest BCUT2D eigenvalue weighted by molar-refractivity contribution is -0.379. The second-order valence-corrected chi connectivity index (χ2v) is 19.0. The molecule has 0 aromatic heterocycles. The van der Waals surface area contributed by atoms with Gasteiger partial charge < -0.3 is 89.9 Å². The number of rotatable bonds is 36. The summed E-state index contributed by atoms with van der Waals surface area (Å²) in [6.45, 7) is 1.41. The summed E-state index contributed by atoms with van der Waals surface area (Å²) in [4.78, 5) is 12.6. The number of amides is 1. The van der Waals surface area contributed by atoms with Gasteiger partial charge in [0.25, 0.3) is 0 Å². The van der Waals surface area contributed by atoms with Crippen molar-refractivity contribution in [1.29, 1.82) is 0 Å². The van der Waals surface area contributed by atoms with Crippen LogP contribution in [0.3, 0.4) is 0 Å². The predicted octanol–water partition coefficient (Wildman–Crippen LogP) is 1.70. The van der Waals surface area contributed by atoms with E-state index in [9.17, 15) is 61.0 Å². The summed E-state index contributed by atoms with van der Waals surface area (Å²) in [5, 5.41) is 119. The Hall–Kier alpha value is -1.21. The Kier molecular flexibility index (Phi) is 30.7. The van der Waals surface area contributed by atoms with Crippen LogP contribution in [-0.2, 0) is 33.2 Å². The van der Waals surface area contributed by atoms with Crippen LogP contribution in [0.5, 0.6) is 0 Å². The molecular weight excluding hydrogens is 879 g/mol. The van der Waals surface area contributed by atoms with E-state index in [4.69, 9.17) is 28.4 Å². The van der Waals surface area contributed by atoms with Gasteiger partial charge in [-0.05, 0) is 12.8 Å². The molecule has 396 valence electrons. The third kappa shape index (κ3) is 20.4. The van der Waals surface area contributed by atoms with E-state index in [0.29, 0.717) is 12.8 Å². The highest BCUT2D eigenvalue weighted by Gasteiger charge is 2.53. The molecule has 3 saturated heterocycles. The molecular formula is C48H91NO18. The number of carbonyl (C=O) groups excluding carboxylic acids is 1. The van der Waals surface area contributed by atoms with E-state index in [1.807, 2.05) is 6.92 Å². The summed E-state index contributed by atoms with van der Waals surface area (Å²) >= 11 is 0. The topological polar surface area (TPSA) is 307 Å². The monoisotopic (exact) mass is 970 g/mol. The van der Waals surface area contributed by atoms with Crippen molar-refractivity contribution >= 4 is 5.91 Å². The molecule has 0 aromatic carbocycles. The zero-order valence-electron chi connectivity index (χ0n) is 40.4. The van der Waals surface area contributed by atoms with Crippen LogP contribution in [0, 0.1) is 0 Å². The molecule has 0 saturated carbocycles. The second-order valence-electron chi connectivity index (χ2n) is 19.0. The van der Waals surface area contributed by atoms with Gasteiger partial charge in [0, 0.05) is 6.42 Å². The lowest BCUT2D eigenvalue weighted by Crippen LogP contribution is -2.66. The first-order valence-electron chi connectivity index (χ1n) is 25.8. The molecule has 3 aliphatic heterocycles. The smallest absolute Gasteiger partial charge is 0.220 e. The molecule has 0 aromatic rings. The molecule has 3 heterocycles. The minimum atomic E-state index is -1.96. The zero-order valence-corrected chi connectivity index (χ0v) is 40.4. The molecule has 0 aliphatic carbocycles.